The third-order valence-corrected chi connectivity index (χ3v) is 4.56. The summed E-state index contributed by atoms with van der Waals surface area (Å²) < 4.78 is 1.77. The number of hydrogen-bond acceptors (Lipinski definition) is 3. The molecule has 0 atom stereocenters. The first kappa shape index (κ1) is 14.1. The van der Waals surface area contributed by atoms with Gasteiger partial charge in [-0.15, -0.1) is 0 Å². The summed E-state index contributed by atoms with van der Waals surface area (Å²) in [6.45, 7) is 1.84. The van der Waals surface area contributed by atoms with Crippen LogP contribution in [0.5, 0.6) is 0 Å². The molecule has 0 saturated heterocycles. The standard InChI is InChI=1S/C16H16ClN3O/c1-10-14-7-4-12(17)8-15(14)20(16(21)19-10)13-5-2-11(9-18)3-6-13/h4,7-8,11,13H,2-3,5-6H2,1H3. The first-order chi connectivity index (χ1) is 10.1. The predicted molar refractivity (Wildman–Crippen MR) is 82.4 cm³/mol. The zero-order valence-corrected chi connectivity index (χ0v) is 12.6. The number of fused-ring (bicyclic) bond motifs is 1. The Labute approximate surface area is 128 Å². The number of halogens is 1. The van der Waals surface area contributed by atoms with Gasteiger partial charge in [0.25, 0.3) is 0 Å². The molecular formula is C16H16ClN3O. The highest BCUT2D eigenvalue weighted by Gasteiger charge is 2.24. The summed E-state index contributed by atoms with van der Waals surface area (Å²) in [4.78, 5) is 16.5. The first-order valence-corrected chi connectivity index (χ1v) is 7.56. The van der Waals surface area contributed by atoms with Gasteiger partial charge in [0, 0.05) is 22.4 Å². The molecule has 108 valence electrons. The zero-order chi connectivity index (χ0) is 15.0. The lowest BCUT2D eigenvalue weighted by Gasteiger charge is -2.27. The quantitative estimate of drug-likeness (QED) is 0.808. The Bertz CT molecular complexity index is 782. The maximum Gasteiger partial charge on any atom is 0.348 e. The van der Waals surface area contributed by atoms with Crippen LogP contribution in [0.15, 0.2) is 23.0 Å². The van der Waals surface area contributed by atoms with E-state index in [0.29, 0.717) is 5.02 Å². The van der Waals surface area contributed by atoms with Gasteiger partial charge in [-0.05, 0) is 50.8 Å². The van der Waals surface area contributed by atoms with Crippen LogP contribution in [-0.2, 0) is 0 Å². The largest absolute Gasteiger partial charge is 0.348 e. The van der Waals surface area contributed by atoms with Gasteiger partial charge in [0.15, 0.2) is 0 Å². The van der Waals surface area contributed by atoms with E-state index in [1.54, 1.807) is 4.57 Å². The van der Waals surface area contributed by atoms with Gasteiger partial charge in [0.05, 0.1) is 17.3 Å². The maximum atomic E-state index is 12.4. The monoisotopic (exact) mass is 301 g/mol. The second kappa shape index (κ2) is 5.50. The van der Waals surface area contributed by atoms with Gasteiger partial charge in [-0.2, -0.15) is 10.2 Å². The molecule has 4 nitrogen and oxygen atoms in total. The van der Waals surface area contributed by atoms with Crippen molar-refractivity contribution in [3.63, 3.8) is 0 Å². The van der Waals surface area contributed by atoms with Crippen LogP contribution >= 0.6 is 11.6 Å². The molecule has 21 heavy (non-hydrogen) atoms. The summed E-state index contributed by atoms with van der Waals surface area (Å²) >= 11 is 6.10. The molecule has 0 bridgehead atoms. The van der Waals surface area contributed by atoms with Crippen LogP contribution in [0, 0.1) is 24.2 Å². The van der Waals surface area contributed by atoms with Crippen molar-refractivity contribution in [1.82, 2.24) is 9.55 Å². The molecule has 0 unspecified atom stereocenters. The van der Waals surface area contributed by atoms with E-state index in [1.807, 2.05) is 25.1 Å². The van der Waals surface area contributed by atoms with E-state index >= 15 is 0 Å². The molecule has 2 aromatic rings. The van der Waals surface area contributed by atoms with E-state index in [-0.39, 0.29) is 17.6 Å². The molecule has 1 saturated carbocycles. The van der Waals surface area contributed by atoms with Crippen LogP contribution in [0.2, 0.25) is 5.02 Å². The number of hydrogen-bond donors (Lipinski definition) is 0. The fourth-order valence-electron chi connectivity index (χ4n) is 3.19. The van der Waals surface area contributed by atoms with Crippen molar-refractivity contribution in [2.75, 3.05) is 0 Å². The molecule has 0 N–H and O–H groups in total. The van der Waals surface area contributed by atoms with Crippen LogP contribution in [-0.4, -0.2) is 9.55 Å². The second-order valence-corrected chi connectivity index (χ2v) is 6.08. The Morgan fingerprint density at radius 2 is 2.05 bits per heavy atom. The van der Waals surface area contributed by atoms with Gasteiger partial charge < -0.3 is 0 Å². The minimum atomic E-state index is -0.220. The highest BCUT2D eigenvalue weighted by atomic mass is 35.5. The minimum absolute atomic E-state index is 0.108. The Morgan fingerprint density at radius 1 is 1.33 bits per heavy atom. The summed E-state index contributed by atoms with van der Waals surface area (Å²) in [6.07, 6.45) is 3.35. The molecule has 5 heteroatoms. The molecular weight excluding hydrogens is 286 g/mol. The van der Waals surface area contributed by atoms with Crippen molar-refractivity contribution in [3.8, 4) is 6.07 Å². The van der Waals surface area contributed by atoms with Crippen LogP contribution in [0.4, 0.5) is 0 Å². The van der Waals surface area contributed by atoms with Crippen molar-refractivity contribution >= 4 is 22.5 Å². The maximum absolute atomic E-state index is 12.4. The van der Waals surface area contributed by atoms with E-state index in [4.69, 9.17) is 16.9 Å². The topological polar surface area (TPSA) is 58.7 Å². The summed E-state index contributed by atoms with van der Waals surface area (Å²) in [5.41, 5.74) is 1.36. The summed E-state index contributed by atoms with van der Waals surface area (Å²) in [5, 5.41) is 10.6. The van der Waals surface area contributed by atoms with Crippen molar-refractivity contribution in [1.29, 1.82) is 5.26 Å². The van der Waals surface area contributed by atoms with Crippen molar-refractivity contribution in [2.24, 2.45) is 5.92 Å². The van der Waals surface area contributed by atoms with E-state index in [0.717, 1.165) is 42.3 Å². The van der Waals surface area contributed by atoms with Crippen LogP contribution in [0.3, 0.4) is 0 Å². The number of aromatic nitrogens is 2. The van der Waals surface area contributed by atoms with Crippen LogP contribution in [0.1, 0.15) is 37.4 Å². The molecule has 1 aromatic heterocycles. The molecule has 1 aliphatic carbocycles. The van der Waals surface area contributed by atoms with Gasteiger partial charge in [-0.3, -0.25) is 4.57 Å². The molecule has 1 heterocycles. The normalized spacial score (nSPS) is 22.1. The highest BCUT2D eigenvalue weighted by Crippen LogP contribution is 2.33. The minimum Gasteiger partial charge on any atom is -0.289 e. The number of aryl methyl sites for hydroxylation is 1. The third-order valence-electron chi connectivity index (χ3n) is 4.32. The molecule has 3 rings (SSSR count). The fraction of sp³-hybridized carbons (Fsp3) is 0.438. The van der Waals surface area contributed by atoms with Crippen molar-refractivity contribution < 1.29 is 0 Å². The lowest BCUT2D eigenvalue weighted by atomic mass is 9.86. The Morgan fingerprint density at radius 3 is 2.71 bits per heavy atom. The van der Waals surface area contributed by atoms with Gasteiger partial charge in [-0.25, -0.2) is 4.79 Å². The van der Waals surface area contributed by atoms with Gasteiger partial charge in [0.1, 0.15) is 0 Å². The molecule has 0 spiro atoms. The van der Waals surface area contributed by atoms with Crippen LogP contribution < -0.4 is 5.69 Å². The predicted octanol–water partition coefficient (Wildman–Crippen LogP) is 3.61. The number of rotatable bonds is 1. The average molecular weight is 302 g/mol. The molecule has 1 aromatic carbocycles. The van der Waals surface area contributed by atoms with E-state index < -0.39 is 0 Å². The third kappa shape index (κ3) is 2.54. The Balaban J connectivity index is 2.12. The summed E-state index contributed by atoms with van der Waals surface area (Å²) in [7, 11) is 0. The van der Waals surface area contributed by atoms with Crippen molar-refractivity contribution in [3.05, 3.63) is 39.4 Å². The molecule has 1 fully saturated rings. The SMILES string of the molecule is Cc1nc(=O)n(C2CCC(C#N)CC2)c2cc(Cl)ccc12. The smallest absolute Gasteiger partial charge is 0.289 e. The summed E-state index contributed by atoms with van der Waals surface area (Å²) in [6, 6.07) is 8.00. The van der Waals surface area contributed by atoms with Gasteiger partial charge >= 0.3 is 5.69 Å². The number of benzene rings is 1. The lowest BCUT2D eigenvalue weighted by molar-refractivity contribution is 0.311. The van der Waals surface area contributed by atoms with Gasteiger partial charge in [0.2, 0.25) is 0 Å². The van der Waals surface area contributed by atoms with E-state index in [9.17, 15) is 4.79 Å². The fourth-order valence-corrected chi connectivity index (χ4v) is 3.35. The Hall–Kier alpha value is -1.86. The molecule has 0 amide bonds. The molecule has 1 aliphatic rings. The van der Waals surface area contributed by atoms with Crippen molar-refractivity contribution in [2.45, 2.75) is 38.6 Å². The van der Waals surface area contributed by atoms with E-state index in [1.165, 1.54) is 0 Å². The number of nitrogens with zero attached hydrogens (tertiary/aromatic N) is 3. The van der Waals surface area contributed by atoms with Crippen LogP contribution in [0.25, 0.3) is 10.9 Å². The average Bonchev–Trinajstić information content (AvgIpc) is 2.47. The number of nitriles is 1. The molecule has 0 aliphatic heterocycles. The second-order valence-electron chi connectivity index (χ2n) is 5.65. The van der Waals surface area contributed by atoms with Gasteiger partial charge in [-0.1, -0.05) is 11.6 Å². The zero-order valence-electron chi connectivity index (χ0n) is 11.8. The molecule has 0 radical (unpaired) electrons. The Kier molecular flexibility index (Phi) is 3.69. The van der Waals surface area contributed by atoms with E-state index in [2.05, 4.69) is 11.1 Å². The lowest BCUT2D eigenvalue weighted by Crippen LogP contribution is -2.30. The first-order valence-electron chi connectivity index (χ1n) is 7.18. The highest BCUT2D eigenvalue weighted by molar-refractivity contribution is 6.31. The summed E-state index contributed by atoms with van der Waals surface area (Å²) in [5.74, 6) is 0.116.